The Bertz CT molecular complexity index is 916. The molecule has 116 valence electrons. The van der Waals surface area contributed by atoms with Gasteiger partial charge >= 0.3 is 5.97 Å². The van der Waals surface area contributed by atoms with Gasteiger partial charge in [-0.1, -0.05) is 60.7 Å². The number of hydrogen-bond acceptors (Lipinski definition) is 3. The lowest BCUT2D eigenvalue weighted by Crippen LogP contribution is -2.20. The van der Waals surface area contributed by atoms with E-state index in [1.54, 1.807) is 12.7 Å². The highest BCUT2D eigenvalue weighted by atomic mass is 31.2. The van der Waals surface area contributed by atoms with Gasteiger partial charge in [0.15, 0.2) is 0 Å². The van der Waals surface area contributed by atoms with Crippen LogP contribution in [-0.2, 0) is 9.36 Å². The molecule has 0 aliphatic rings. The van der Waals surface area contributed by atoms with Crippen molar-refractivity contribution in [2.45, 2.75) is 6.92 Å². The molecule has 3 rings (SSSR count). The first kappa shape index (κ1) is 15.5. The van der Waals surface area contributed by atoms with E-state index >= 15 is 0 Å². The minimum absolute atomic E-state index is 0.367. The quantitative estimate of drug-likeness (QED) is 0.419. The van der Waals surface area contributed by atoms with Crippen molar-refractivity contribution in [2.24, 2.45) is 0 Å². The summed E-state index contributed by atoms with van der Waals surface area (Å²) in [6.45, 7) is 3.07. The van der Waals surface area contributed by atoms with Crippen LogP contribution in [0.3, 0.4) is 0 Å². The van der Waals surface area contributed by atoms with Crippen molar-refractivity contribution >= 4 is 34.5 Å². The Balaban J connectivity index is 2.33. The van der Waals surface area contributed by atoms with E-state index in [2.05, 4.69) is 0 Å². The number of ether oxygens (including phenoxy) is 1. The van der Waals surface area contributed by atoms with Crippen LogP contribution >= 0.6 is 7.14 Å². The van der Waals surface area contributed by atoms with E-state index in [1.165, 1.54) is 6.92 Å². The highest BCUT2D eigenvalue weighted by Crippen LogP contribution is 2.44. The summed E-state index contributed by atoms with van der Waals surface area (Å²) in [5, 5.41) is 3.15. The van der Waals surface area contributed by atoms with Gasteiger partial charge in [0.2, 0.25) is 0 Å². The lowest BCUT2D eigenvalue weighted by molar-refractivity contribution is -0.131. The standard InChI is InChI=1S/C19H17O3P/c1-14(20)22-18-13-12-15-8-6-7-11-17(15)19(18)23(2,21)16-9-4-3-5-10-16/h3-13H,1-2H3/t23-/m0/s1. The third kappa shape index (κ3) is 2.93. The molecule has 0 aliphatic heterocycles. The summed E-state index contributed by atoms with van der Waals surface area (Å²) in [7, 11) is -2.91. The van der Waals surface area contributed by atoms with Gasteiger partial charge in [0.25, 0.3) is 0 Å². The topological polar surface area (TPSA) is 43.4 Å². The first-order valence-electron chi connectivity index (χ1n) is 7.34. The molecule has 0 saturated heterocycles. The summed E-state index contributed by atoms with van der Waals surface area (Å²) >= 11 is 0. The van der Waals surface area contributed by atoms with Gasteiger partial charge in [0.1, 0.15) is 12.9 Å². The van der Waals surface area contributed by atoms with Crippen LogP contribution in [0.15, 0.2) is 66.7 Å². The Hall–Kier alpha value is -2.38. The van der Waals surface area contributed by atoms with E-state index in [9.17, 15) is 9.36 Å². The Morgan fingerprint density at radius 3 is 2.26 bits per heavy atom. The van der Waals surface area contributed by atoms with Gasteiger partial charge in [0.05, 0.1) is 5.30 Å². The largest absolute Gasteiger partial charge is 0.426 e. The van der Waals surface area contributed by atoms with Crippen LogP contribution in [0, 0.1) is 0 Å². The number of fused-ring (bicyclic) bond motifs is 1. The zero-order valence-electron chi connectivity index (χ0n) is 13.0. The van der Waals surface area contributed by atoms with Gasteiger partial charge in [-0.25, -0.2) is 0 Å². The third-order valence-corrected chi connectivity index (χ3v) is 6.39. The number of benzene rings is 3. The number of esters is 1. The molecular weight excluding hydrogens is 307 g/mol. The maximum Gasteiger partial charge on any atom is 0.308 e. The second kappa shape index (κ2) is 6.02. The van der Waals surface area contributed by atoms with Crippen molar-refractivity contribution in [1.82, 2.24) is 0 Å². The molecule has 0 spiro atoms. The summed E-state index contributed by atoms with van der Waals surface area (Å²) in [6, 6.07) is 20.6. The van der Waals surface area contributed by atoms with Crippen molar-refractivity contribution in [2.75, 3.05) is 6.66 Å². The first-order valence-corrected chi connectivity index (χ1v) is 9.49. The van der Waals surface area contributed by atoms with Gasteiger partial charge in [-0.05, 0) is 23.5 Å². The first-order chi connectivity index (χ1) is 11.0. The summed E-state index contributed by atoms with van der Waals surface area (Å²) in [5.74, 6) is -0.0551. The fourth-order valence-electron chi connectivity index (χ4n) is 2.75. The molecule has 0 aromatic heterocycles. The smallest absolute Gasteiger partial charge is 0.308 e. The average molecular weight is 324 g/mol. The number of hydrogen-bond donors (Lipinski definition) is 0. The predicted molar refractivity (Wildman–Crippen MR) is 94.5 cm³/mol. The molecule has 1 atom stereocenters. The molecular formula is C19H17O3P. The van der Waals surface area contributed by atoms with E-state index < -0.39 is 13.1 Å². The zero-order valence-corrected chi connectivity index (χ0v) is 13.9. The van der Waals surface area contributed by atoms with Crippen molar-refractivity contribution in [3.8, 4) is 5.75 Å². The van der Waals surface area contributed by atoms with E-state index in [0.717, 1.165) is 16.1 Å². The van der Waals surface area contributed by atoms with Crippen molar-refractivity contribution in [1.29, 1.82) is 0 Å². The summed E-state index contributed by atoms with van der Waals surface area (Å²) < 4.78 is 19.0. The predicted octanol–water partition coefficient (Wildman–Crippen LogP) is 3.71. The van der Waals surface area contributed by atoms with Gasteiger partial charge in [-0.15, -0.1) is 0 Å². The van der Waals surface area contributed by atoms with Crippen molar-refractivity contribution in [3.05, 3.63) is 66.7 Å². The fourth-order valence-corrected chi connectivity index (χ4v) is 4.96. The van der Waals surface area contributed by atoms with Crippen LogP contribution in [0.2, 0.25) is 0 Å². The van der Waals surface area contributed by atoms with Crippen LogP contribution in [-0.4, -0.2) is 12.6 Å². The van der Waals surface area contributed by atoms with Crippen LogP contribution in [0.5, 0.6) is 5.75 Å². The third-order valence-electron chi connectivity index (χ3n) is 3.79. The van der Waals surface area contributed by atoms with Gasteiger partial charge < -0.3 is 9.30 Å². The molecule has 0 heterocycles. The molecule has 0 aliphatic carbocycles. The van der Waals surface area contributed by atoms with Gasteiger partial charge in [0, 0.05) is 12.2 Å². The molecule has 4 heteroatoms. The Morgan fingerprint density at radius 2 is 1.57 bits per heavy atom. The van der Waals surface area contributed by atoms with Crippen LogP contribution < -0.4 is 15.3 Å². The lowest BCUT2D eigenvalue weighted by Gasteiger charge is -2.19. The number of rotatable bonds is 3. The highest BCUT2D eigenvalue weighted by molar-refractivity contribution is 7.78. The highest BCUT2D eigenvalue weighted by Gasteiger charge is 2.28. The Morgan fingerprint density at radius 1 is 0.913 bits per heavy atom. The molecule has 0 N–H and O–H groups in total. The molecule has 3 nitrogen and oxygen atoms in total. The molecule has 0 fully saturated rings. The summed E-state index contributed by atoms with van der Waals surface area (Å²) in [4.78, 5) is 11.5. The van der Waals surface area contributed by atoms with E-state index in [4.69, 9.17) is 4.74 Å². The second-order valence-electron chi connectivity index (χ2n) is 5.49. The number of carbonyl (C=O) groups is 1. The maximum atomic E-state index is 13.6. The van der Waals surface area contributed by atoms with Crippen LogP contribution in [0.1, 0.15) is 6.92 Å². The lowest BCUT2D eigenvalue weighted by atomic mass is 10.1. The number of carbonyl (C=O) groups excluding carboxylic acids is 1. The second-order valence-corrected chi connectivity index (χ2v) is 8.30. The molecule has 0 saturated carbocycles. The van der Waals surface area contributed by atoms with Gasteiger partial charge in [-0.3, -0.25) is 4.79 Å². The minimum Gasteiger partial charge on any atom is -0.426 e. The Kier molecular flexibility index (Phi) is 4.06. The molecule has 0 unspecified atom stereocenters. The van der Waals surface area contributed by atoms with E-state index in [-0.39, 0.29) is 0 Å². The van der Waals surface area contributed by atoms with Crippen molar-refractivity contribution in [3.63, 3.8) is 0 Å². The molecule has 0 amide bonds. The zero-order chi connectivity index (χ0) is 16.4. The van der Waals surface area contributed by atoms with Crippen LogP contribution in [0.25, 0.3) is 10.8 Å². The van der Waals surface area contributed by atoms with Gasteiger partial charge in [-0.2, -0.15) is 0 Å². The molecule has 0 bridgehead atoms. The minimum atomic E-state index is -2.91. The fraction of sp³-hybridized carbons (Fsp3) is 0.105. The molecule has 3 aromatic carbocycles. The van der Waals surface area contributed by atoms with Crippen molar-refractivity contribution < 1.29 is 14.1 Å². The van der Waals surface area contributed by atoms with E-state index in [1.807, 2.05) is 60.7 Å². The van der Waals surface area contributed by atoms with E-state index in [0.29, 0.717) is 11.1 Å². The van der Waals surface area contributed by atoms with Crippen LogP contribution in [0.4, 0.5) is 0 Å². The SMILES string of the molecule is CC(=O)Oc1ccc2ccccc2c1[P@@](C)(=O)c1ccccc1. The molecule has 3 aromatic rings. The summed E-state index contributed by atoms with van der Waals surface area (Å²) in [5.41, 5.74) is 0. The molecule has 0 radical (unpaired) electrons. The summed E-state index contributed by atoms with van der Waals surface area (Å²) in [6.07, 6.45) is 0. The normalized spacial score (nSPS) is 13.5. The maximum absolute atomic E-state index is 13.6. The molecule has 23 heavy (non-hydrogen) atoms. The Labute approximate surface area is 135 Å². The monoisotopic (exact) mass is 324 g/mol. The average Bonchev–Trinajstić information content (AvgIpc) is 2.54.